The Kier molecular flexibility index (Phi) is 8.12. The Hall–Kier alpha value is -7.43. The van der Waals surface area contributed by atoms with E-state index in [0.29, 0.717) is 17.5 Å². The summed E-state index contributed by atoms with van der Waals surface area (Å²) in [6.07, 6.45) is 0. The summed E-state index contributed by atoms with van der Waals surface area (Å²) in [6.45, 7) is 0. The minimum Gasteiger partial charge on any atom is -0.309 e. The van der Waals surface area contributed by atoms with Crippen LogP contribution >= 0.6 is 0 Å². The van der Waals surface area contributed by atoms with Gasteiger partial charge in [0.15, 0.2) is 17.5 Å². The Morgan fingerprint density at radius 1 is 0.255 bits per heavy atom. The van der Waals surface area contributed by atoms with Crippen molar-refractivity contribution in [3.63, 3.8) is 0 Å². The van der Waals surface area contributed by atoms with Gasteiger partial charge < -0.3 is 4.57 Å². The van der Waals surface area contributed by atoms with E-state index in [-0.39, 0.29) is 0 Å². The highest BCUT2D eigenvalue weighted by atomic mass is 15.0. The lowest BCUT2D eigenvalue weighted by atomic mass is 9.98. The van der Waals surface area contributed by atoms with Gasteiger partial charge in [0.25, 0.3) is 0 Å². The van der Waals surface area contributed by atoms with Crippen molar-refractivity contribution < 1.29 is 0 Å². The summed E-state index contributed by atoms with van der Waals surface area (Å²) in [5.74, 6) is 1.91. The van der Waals surface area contributed by atoms with Gasteiger partial charge >= 0.3 is 0 Å². The molecule has 0 fully saturated rings. The molecule has 0 atom stereocenters. The van der Waals surface area contributed by atoms with Crippen molar-refractivity contribution in [3.8, 4) is 73.2 Å². The number of aromatic nitrogens is 4. The first-order valence-electron chi connectivity index (χ1n) is 18.5. The summed E-state index contributed by atoms with van der Waals surface area (Å²) in [5.41, 5.74) is 13.2. The number of hydrogen-bond donors (Lipinski definition) is 0. The summed E-state index contributed by atoms with van der Waals surface area (Å²) in [4.78, 5) is 15.2. The second-order valence-corrected chi connectivity index (χ2v) is 13.7. The van der Waals surface area contributed by atoms with Crippen molar-refractivity contribution in [2.24, 2.45) is 0 Å². The molecule has 4 heteroatoms. The van der Waals surface area contributed by atoms with E-state index in [1.165, 1.54) is 33.2 Å². The molecule has 4 nitrogen and oxygen atoms in total. The molecular weight excluding hydrogens is 669 g/mol. The average Bonchev–Trinajstić information content (AvgIpc) is 3.61. The summed E-state index contributed by atoms with van der Waals surface area (Å²) in [5, 5.41) is 2.30. The molecule has 0 spiro atoms. The van der Waals surface area contributed by atoms with Gasteiger partial charge in [0.2, 0.25) is 0 Å². The van der Waals surface area contributed by atoms with E-state index in [1.54, 1.807) is 0 Å². The maximum atomic E-state index is 5.11. The van der Waals surface area contributed by atoms with Gasteiger partial charge in [-0.2, -0.15) is 0 Å². The molecule has 2 aromatic heterocycles. The molecule has 0 amide bonds. The Balaban J connectivity index is 1.14. The Morgan fingerprint density at radius 2 is 0.636 bits per heavy atom. The van der Waals surface area contributed by atoms with E-state index in [2.05, 4.69) is 174 Å². The molecule has 10 aromatic rings. The van der Waals surface area contributed by atoms with E-state index >= 15 is 0 Å². The van der Waals surface area contributed by atoms with Gasteiger partial charge in [-0.3, -0.25) is 0 Å². The third-order valence-corrected chi connectivity index (χ3v) is 10.2. The van der Waals surface area contributed by atoms with Crippen LogP contribution in [0.25, 0.3) is 95.0 Å². The van der Waals surface area contributed by atoms with Gasteiger partial charge in [-0.05, 0) is 75.8 Å². The molecule has 55 heavy (non-hydrogen) atoms. The van der Waals surface area contributed by atoms with Gasteiger partial charge in [0, 0.05) is 33.2 Å². The third kappa shape index (κ3) is 6.16. The highest BCUT2D eigenvalue weighted by Crippen LogP contribution is 2.38. The SMILES string of the molecule is c1ccc(-c2ccc(-c3nc(-c4ccccc4)nc(-c4ccc5c(c4)c4ccccc4n5-c4cc(-c5ccccc5)cc(-c5ccccc5)c4)n3)cc2)cc1. The maximum absolute atomic E-state index is 5.11. The minimum absolute atomic E-state index is 0.632. The predicted molar refractivity (Wildman–Crippen MR) is 227 cm³/mol. The molecular formula is C51H34N4. The predicted octanol–water partition coefficient (Wildman–Crippen LogP) is 13.0. The van der Waals surface area contributed by atoms with Crippen LogP contribution in [-0.4, -0.2) is 19.5 Å². The van der Waals surface area contributed by atoms with Crippen LogP contribution in [0, 0.1) is 0 Å². The highest BCUT2D eigenvalue weighted by molar-refractivity contribution is 6.10. The average molecular weight is 703 g/mol. The van der Waals surface area contributed by atoms with Crippen LogP contribution in [-0.2, 0) is 0 Å². The number of para-hydroxylation sites is 1. The van der Waals surface area contributed by atoms with Crippen molar-refractivity contribution in [3.05, 3.63) is 206 Å². The standard InChI is InChI=1S/C51H34N4/c1-5-15-35(16-6-1)38-25-27-40(28-26-38)50-52-49(39-21-11-4-12-22-39)53-51(54-50)41-29-30-48-46(34-41)45-23-13-14-24-47(45)55(48)44-32-42(36-17-7-2-8-18-36)31-43(33-44)37-19-9-3-10-20-37/h1-34H. The normalized spacial score (nSPS) is 11.3. The monoisotopic (exact) mass is 702 g/mol. The highest BCUT2D eigenvalue weighted by Gasteiger charge is 2.18. The first-order chi connectivity index (χ1) is 27.2. The second-order valence-electron chi connectivity index (χ2n) is 13.7. The van der Waals surface area contributed by atoms with E-state index in [0.717, 1.165) is 44.4 Å². The molecule has 0 bridgehead atoms. The van der Waals surface area contributed by atoms with Gasteiger partial charge in [-0.1, -0.05) is 164 Å². The number of rotatable bonds is 7. The third-order valence-electron chi connectivity index (χ3n) is 10.2. The Bertz CT molecular complexity index is 2880. The van der Waals surface area contributed by atoms with E-state index in [9.17, 15) is 0 Å². The van der Waals surface area contributed by atoms with Crippen molar-refractivity contribution in [1.29, 1.82) is 0 Å². The molecule has 258 valence electrons. The number of benzene rings is 8. The first-order valence-corrected chi connectivity index (χ1v) is 18.5. The van der Waals surface area contributed by atoms with Crippen LogP contribution < -0.4 is 0 Å². The van der Waals surface area contributed by atoms with Crippen molar-refractivity contribution in [1.82, 2.24) is 19.5 Å². The smallest absolute Gasteiger partial charge is 0.164 e. The van der Waals surface area contributed by atoms with Gasteiger partial charge in [-0.25, -0.2) is 15.0 Å². The summed E-state index contributed by atoms with van der Waals surface area (Å²) in [7, 11) is 0. The Labute approximate surface area is 319 Å². The van der Waals surface area contributed by atoms with Crippen LogP contribution in [0.4, 0.5) is 0 Å². The molecule has 0 N–H and O–H groups in total. The molecule has 0 saturated carbocycles. The summed E-state index contributed by atoms with van der Waals surface area (Å²) in [6, 6.07) is 72.4. The topological polar surface area (TPSA) is 43.6 Å². The van der Waals surface area contributed by atoms with Crippen LogP contribution in [0.1, 0.15) is 0 Å². The number of nitrogens with zero attached hydrogens (tertiary/aromatic N) is 4. The first kappa shape index (κ1) is 32.2. The summed E-state index contributed by atoms with van der Waals surface area (Å²) < 4.78 is 2.38. The zero-order valence-corrected chi connectivity index (χ0v) is 29.9. The zero-order chi connectivity index (χ0) is 36.6. The largest absolute Gasteiger partial charge is 0.309 e. The van der Waals surface area contributed by atoms with Crippen molar-refractivity contribution >= 4 is 21.8 Å². The lowest BCUT2D eigenvalue weighted by Gasteiger charge is -2.14. The van der Waals surface area contributed by atoms with Crippen LogP contribution in [0.2, 0.25) is 0 Å². The number of hydrogen-bond acceptors (Lipinski definition) is 3. The second kappa shape index (κ2) is 13.8. The molecule has 0 aliphatic rings. The van der Waals surface area contributed by atoms with E-state index in [1.807, 2.05) is 36.4 Å². The van der Waals surface area contributed by atoms with Crippen LogP contribution in [0.15, 0.2) is 206 Å². The van der Waals surface area contributed by atoms with Crippen LogP contribution in [0.3, 0.4) is 0 Å². The van der Waals surface area contributed by atoms with Gasteiger partial charge in [0.05, 0.1) is 11.0 Å². The minimum atomic E-state index is 0.632. The quantitative estimate of drug-likeness (QED) is 0.166. The molecule has 2 heterocycles. The van der Waals surface area contributed by atoms with Gasteiger partial charge in [0.1, 0.15) is 0 Å². The van der Waals surface area contributed by atoms with E-state index in [4.69, 9.17) is 15.0 Å². The lowest BCUT2D eigenvalue weighted by molar-refractivity contribution is 1.07. The molecule has 0 saturated heterocycles. The van der Waals surface area contributed by atoms with Crippen LogP contribution in [0.5, 0.6) is 0 Å². The molecule has 8 aromatic carbocycles. The lowest BCUT2D eigenvalue weighted by Crippen LogP contribution is -2.00. The Morgan fingerprint density at radius 3 is 1.20 bits per heavy atom. The molecule has 0 radical (unpaired) electrons. The fourth-order valence-electron chi connectivity index (χ4n) is 7.52. The van der Waals surface area contributed by atoms with Gasteiger partial charge in [-0.15, -0.1) is 0 Å². The summed E-state index contributed by atoms with van der Waals surface area (Å²) >= 11 is 0. The fourth-order valence-corrected chi connectivity index (χ4v) is 7.52. The maximum Gasteiger partial charge on any atom is 0.164 e. The van der Waals surface area contributed by atoms with Crippen molar-refractivity contribution in [2.45, 2.75) is 0 Å². The molecule has 10 rings (SSSR count). The van der Waals surface area contributed by atoms with Crippen molar-refractivity contribution in [2.75, 3.05) is 0 Å². The van der Waals surface area contributed by atoms with E-state index < -0.39 is 0 Å². The fraction of sp³-hybridized carbons (Fsp3) is 0. The molecule has 0 aliphatic carbocycles. The number of fused-ring (bicyclic) bond motifs is 3. The molecule has 0 aliphatic heterocycles. The molecule has 0 unspecified atom stereocenters. The zero-order valence-electron chi connectivity index (χ0n) is 29.9.